The third-order valence-electron chi connectivity index (χ3n) is 0. The van der Waals surface area contributed by atoms with Crippen molar-refractivity contribution in [1.29, 1.82) is 0 Å². The molecule has 0 fully saturated rings. The molecule has 1 radical (unpaired) electrons. The SMILES string of the molecule is O=[N+]([O-])[O-].O=[N+]([O-])[O-].O=[N+]([O-])[O-].[Fe+2].[Mn+2].[Ni+2]. The van der Waals surface area contributed by atoms with E-state index in [0.717, 1.165) is 0 Å². The van der Waals surface area contributed by atoms with E-state index in [1.807, 2.05) is 0 Å². The van der Waals surface area contributed by atoms with Gasteiger partial charge in [-0.2, -0.15) is 0 Å². The van der Waals surface area contributed by atoms with Crippen LogP contribution in [0.2, 0.25) is 0 Å². The monoisotopic (exact) mass is 355 g/mol. The Hall–Kier alpha value is -0.868. The molecule has 0 saturated carbocycles. The fourth-order valence-corrected chi connectivity index (χ4v) is 0. The normalized spacial score (nSPS) is 4.80. The van der Waals surface area contributed by atoms with Crippen LogP contribution in [0.15, 0.2) is 0 Å². The van der Waals surface area contributed by atoms with Crippen LogP contribution < -0.4 is 0 Å². The Morgan fingerprint density at radius 1 is 0.600 bits per heavy atom. The van der Waals surface area contributed by atoms with E-state index in [1.54, 1.807) is 0 Å². The van der Waals surface area contributed by atoms with Crippen molar-refractivity contribution in [1.82, 2.24) is 0 Å². The summed E-state index contributed by atoms with van der Waals surface area (Å²) >= 11 is 0. The predicted molar refractivity (Wildman–Crippen MR) is 31.1 cm³/mol. The maximum atomic E-state index is 8.25. The van der Waals surface area contributed by atoms with E-state index in [0.29, 0.717) is 0 Å². The summed E-state index contributed by atoms with van der Waals surface area (Å²) in [6.07, 6.45) is 0. The molecule has 0 atom stereocenters. The van der Waals surface area contributed by atoms with Crippen molar-refractivity contribution in [3.8, 4) is 0 Å². The molecule has 0 rings (SSSR count). The number of hydrogen-bond acceptors (Lipinski definition) is 9. The zero-order chi connectivity index (χ0) is 10.7. The van der Waals surface area contributed by atoms with Gasteiger partial charge in [0.05, 0.1) is 15.3 Å². The minimum Gasteiger partial charge on any atom is -0.356 e. The molecular weight excluding hydrogens is 355 g/mol. The molecule has 15 heteroatoms. The summed E-state index contributed by atoms with van der Waals surface area (Å²) in [5, 5.41) is 44.2. The molecule has 0 aromatic carbocycles. The summed E-state index contributed by atoms with van der Waals surface area (Å²) in [5.41, 5.74) is 0. The van der Waals surface area contributed by atoms with E-state index < -0.39 is 15.3 Å². The van der Waals surface area contributed by atoms with E-state index >= 15 is 0 Å². The first-order chi connectivity index (χ1) is 5.20. The topological polar surface area (TPSA) is 199 Å². The van der Waals surface area contributed by atoms with Gasteiger partial charge in [0.1, 0.15) is 0 Å². The summed E-state index contributed by atoms with van der Waals surface area (Å²) in [4.78, 5) is 24.8. The number of hydrogen-bond donors (Lipinski definition) is 0. The summed E-state index contributed by atoms with van der Waals surface area (Å²) < 4.78 is 0. The van der Waals surface area contributed by atoms with Gasteiger partial charge in [-0.15, -0.1) is 0 Å². The second-order valence-electron chi connectivity index (χ2n) is 0.671. The molecule has 0 aliphatic heterocycles. The first-order valence-electron chi connectivity index (χ1n) is 1.64. The predicted octanol–water partition coefficient (Wildman–Crippen LogP) is -0.725. The zero-order valence-corrected chi connectivity index (χ0v) is 9.34. The van der Waals surface area contributed by atoms with Crippen molar-refractivity contribution in [2.24, 2.45) is 0 Å². The minimum atomic E-state index is -1.75. The molecule has 0 heterocycles. The molecule has 0 unspecified atom stereocenters. The van der Waals surface area contributed by atoms with Gasteiger partial charge in [0.2, 0.25) is 0 Å². The standard InChI is InChI=1S/Fe.Mn.3NO3.Ni/c;;3*2-1(3)4;/q2*+2;3*-1;+2. The molecular formula is FeMnN3NiO9+3. The molecule has 91 valence electrons. The first-order valence-corrected chi connectivity index (χ1v) is 1.64. The van der Waals surface area contributed by atoms with E-state index in [4.69, 9.17) is 46.0 Å². The molecule has 0 aliphatic rings. The van der Waals surface area contributed by atoms with Crippen LogP contribution >= 0.6 is 0 Å². The average Bonchev–Trinajstić information content (AvgIpc) is 1.54. The van der Waals surface area contributed by atoms with Crippen molar-refractivity contribution in [3.05, 3.63) is 46.0 Å². The Kier molecular flexibility index (Phi) is 71.8. The van der Waals surface area contributed by atoms with Gasteiger partial charge in [-0.1, -0.05) is 0 Å². The van der Waals surface area contributed by atoms with Gasteiger partial charge >= 0.3 is 50.6 Å². The summed E-state index contributed by atoms with van der Waals surface area (Å²) in [7, 11) is 0. The van der Waals surface area contributed by atoms with Crippen LogP contribution in [0.1, 0.15) is 0 Å². The van der Waals surface area contributed by atoms with Gasteiger partial charge in [-0.25, -0.2) is 0 Å². The molecule has 0 aromatic rings. The fourth-order valence-electron chi connectivity index (χ4n) is 0. The Balaban J connectivity index is -0.0000000184. The Morgan fingerprint density at radius 2 is 0.600 bits per heavy atom. The van der Waals surface area contributed by atoms with Crippen LogP contribution in [0.4, 0.5) is 0 Å². The van der Waals surface area contributed by atoms with Crippen molar-refractivity contribution < 1.29 is 65.9 Å². The van der Waals surface area contributed by atoms with Crippen LogP contribution in [0, 0.1) is 46.0 Å². The van der Waals surface area contributed by atoms with E-state index in [2.05, 4.69) is 0 Å². The van der Waals surface area contributed by atoms with Crippen molar-refractivity contribution in [2.75, 3.05) is 0 Å². The van der Waals surface area contributed by atoms with Crippen LogP contribution in [0.25, 0.3) is 0 Å². The maximum Gasteiger partial charge on any atom is 2.00 e. The molecule has 0 spiro atoms. The van der Waals surface area contributed by atoms with Gasteiger partial charge in [0.15, 0.2) is 0 Å². The molecule has 12 nitrogen and oxygen atoms in total. The third kappa shape index (κ3) is 2160. The number of nitrogens with zero attached hydrogens (tertiary/aromatic N) is 3. The minimum absolute atomic E-state index is 0. The average molecular weight is 355 g/mol. The Morgan fingerprint density at radius 3 is 0.600 bits per heavy atom. The summed E-state index contributed by atoms with van der Waals surface area (Å²) in [6.45, 7) is 0. The van der Waals surface area contributed by atoms with E-state index in [-0.39, 0.29) is 50.6 Å². The Bertz CT molecular complexity index is 123. The molecule has 0 saturated heterocycles. The van der Waals surface area contributed by atoms with Gasteiger partial charge in [-0.05, 0) is 0 Å². The second-order valence-corrected chi connectivity index (χ2v) is 0.671. The quantitative estimate of drug-likeness (QED) is 0.305. The van der Waals surface area contributed by atoms with Crippen molar-refractivity contribution >= 4 is 0 Å². The van der Waals surface area contributed by atoms with Crippen LogP contribution in [0.5, 0.6) is 0 Å². The van der Waals surface area contributed by atoms with Gasteiger partial charge in [-0.3, -0.25) is 0 Å². The van der Waals surface area contributed by atoms with E-state index in [9.17, 15) is 0 Å². The van der Waals surface area contributed by atoms with Gasteiger partial charge in [0, 0.05) is 0 Å². The largest absolute Gasteiger partial charge is 2.00 e. The first kappa shape index (κ1) is 36.9. The molecule has 0 aromatic heterocycles. The molecule has 0 bridgehead atoms. The smallest absolute Gasteiger partial charge is 0.356 e. The van der Waals surface area contributed by atoms with Crippen molar-refractivity contribution in [3.63, 3.8) is 0 Å². The van der Waals surface area contributed by atoms with Crippen LogP contribution in [-0.2, 0) is 50.6 Å². The second kappa shape index (κ2) is 29.2. The van der Waals surface area contributed by atoms with Gasteiger partial charge < -0.3 is 46.0 Å². The third-order valence-corrected chi connectivity index (χ3v) is 0. The van der Waals surface area contributed by atoms with Crippen LogP contribution in [0.3, 0.4) is 0 Å². The zero-order valence-electron chi connectivity index (χ0n) is 6.06. The maximum absolute atomic E-state index is 8.25. The van der Waals surface area contributed by atoms with Crippen LogP contribution in [-0.4, -0.2) is 15.3 Å². The summed E-state index contributed by atoms with van der Waals surface area (Å²) in [5.74, 6) is 0. The molecule has 0 aliphatic carbocycles. The number of rotatable bonds is 0. The summed E-state index contributed by atoms with van der Waals surface area (Å²) in [6, 6.07) is 0. The van der Waals surface area contributed by atoms with Crippen molar-refractivity contribution in [2.45, 2.75) is 0 Å². The molecule has 15 heavy (non-hydrogen) atoms. The molecule has 0 N–H and O–H groups in total. The molecule has 0 amide bonds. The van der Waals surface area contributed by atoms with Gasteiger partial charge in [0.25, 0.3) is 0 Å². The Labute approximate surface area is 112 Å². The van der Waals surface area contributed by atoms with E-state index in [1.165, 1.54) is 0 Å². The fraction of sp³-hybridized carbons (Fsp3) is 0.